The number of rotatable bonds is 5. The zero-order valence-electron chi connectivity index (χ0n) is 11.1. The van der Waals surface area contributed by atoms with Crippen LogP contribution in [0.2, 0.25) is 0 Å². The third kappa shape index (κ3) is 3.68. The second-order valence-corrected chi connectivity index (χ2v) is 5.09. The summed E-state index contributed by atoms with van der Waals surface area (Å²) in [6, 6.07) is -0.0119. The third-order valence-electron chi connectivity index (χ3n) is 3.81. The summed E-state index contributed by atoms with van der Waals surface area (Å²) in [7, 11) is 1.81. The van der Waals surface area contributed by atoms with Gasteiger partial charge in [-0.3, -0.25) is 4.79 Å². The Labute approximate surface area is 104 Å². The highest BCUT2D eigenvalue weighted by Gasteiger charge is 2.31. The molecule has 0 saturated heterocycles. The summed E-state index contributed by atoms with van der Waals surface area (Å²) in [5, 5.41) is 9.95. The van der Waals surface area contributed by atoms with E-state index in [0.29, 0.717) is 6.54 Å². The van der Waals surface area contributed by atoms with Crippen LogP contribution in [0.25, 0.3) is 0 Å². The number of hydrogen-bond donors (Lipinski definition) is 2. The van der Waals surface area contributed by atoms with Crippen LogP contribution in [0, 0.1) is 5.92 Å². The van der Waals surface area contributed by atoms with Crippen molar-refractivity contribution in [1.29, 1.82) is 0 Å². The van der Waals surface area contributed by atoms with Gasteiger partial charge in [0.2, 0.25) is 5.91 Å². The third-order valence-corrected chi connectivity index (χ3v) is 3.81. The molecule has 0 bridgehead atoms. The Morgan fingerprint density at radius 1 is 1.47 bits per heavy atom. The standard InChI is InChI=1S/C13H26N2O2/c1-3-6-10(9-14)13(17)15(2)11-7-4-5-8-12(11)16/h10-12,16H,3-9,14H2,1-2H3. The topological polar surface area (TPSA) is 66.6 Å². The molecule has 0 spiro atoms. The fourth-order valence-corrected chi connectivity index (χ4v) is 2.69. The number of amides is 1. The van der Waals surface area contributed by atoms with E-state index in [0.717, 1.165) is 38.5 Å². The van der Waals surface area contributed by atoms with Gasteiger partial charge in [-0.25, -0.2) is 0 Å². The Morgan fingerprint density at radius 3 is 2.65 bits per heavy atom. The molecule has 0 heterocycles. The quantitative estimate of drug-likeness (QED) is 0.759. The first-order valence-corrected chi connectivity index (χ1v) is 6.76. The molecule has 0 aromatic heterocycles. The van der Waals surface area contributed by atoms with E-state index in [9.17, 15) is 9.90 Å². The lowest BCUT2D eigenvalue weighted by atomic mass is 9.90. The number of nitrogens with two attached hydrogens (primary N) is 1. The van der Waals surface area contributed by atoms with E-state index in [4.69, 9.17) is 5.73 Å². The van der Waals surface area contributed by atoms with E-state index >= 15 is 0 Å². The molecule has 17 heavy (non-hydrogen) atoms. The van der Waals surface area contributed by atoms with Gasteiger partial charge in [0.1, 0.15) is 0 Å². The molecule has 3 unspecified atom stereocenters. The molecule has 1 rings (SSSR count). The molecule has 0 radical (unpaired) electrons. The van der Waals surface area contributed by atoms with Crippen molar-refractivity contribution in [2.75, 3.05) is 13.6 Å². The van der Waals surface area contributed by atoms with Crippen LogP contribution >= 0.6 is 0 Å². The van der Waals surface area contributed by atoms with Crippen LogP contribution in [0.4, 0.5) is 0 Å². The smallest absolute Gasteiger partial charge is 0.227 e. The van der Waals surface area contributed by atoms with Crippen molar-refractivity contribution < 1.29 is 9.90 Å². The van der Waals surface area contributed by atoms with E-state index in [1.165, 1.54) is 0 Å². The maximum absolute atomic E-state index is 12.2. The number of aliphatic hydroxyl groups is 1. The molecule has 0 aromatic carbocycles. The molecular weight excluding hydrogens is 216 g/mol. The zero-order valence-corrected chi connectivity index (χ0v) is 11.1. The highest BCUT2D eigenvalue weighted by Crippen LogP contribution is 2.24. The predicted octanol–water partition coefficient (Wildman–Crippen LogP) is 1.12. The Bertz CT molecular complexity index is 246. The number of carbonyl (C=O) groups excluding carboxylic acids is 1. The number of carbonyl (C=O) groups is 1. The van der Waals surface area contributed by atoms with Crippen LogP contribution in [0.3, 0.4) is 0 Å². The molecule has 0 aromatic rings. The van der Waals surface area contributed by atoms with Crippen molar-refractivity contribution in [3.05, 3.63) is 0 Å². The molecular formula is C13H26N2O2. The van der Waals surface area contributed by atoms with E-state index in [2.05, 4.69) is 6.92 Å². The summed E-state index contributed by atoms with van der Waals surface area (Å²) in [6.07, 6.45) is 5.32. The first-order chi connectivity index (χ1) is 8.11. The Balaban J connectivity index is 2.60. The fraction of sp³-hybridized carbons (Fsp3) is 0.923. The summed E-state index contributed by atoms with van der Waals surface area (Å²) in [4.78, 5) is 14.0. The molecule has 1 amide bonds. The minimum absolute atomic E-state index is 0.0119. The Hall–Kier alpha value is -0.610. The molecule has 0 aliphatic heterocycles. The summed E-state index contributed by atoms with van der Waals surface area (Å²) in [6.45, 7) is 2.46. The van der Waals surface area contributed by atoms with Gasteiger partial charge in [-0.2, -0.15) is 0 Å². The number of hydrogen-bond acceptors (Lipinski definition) is 3. The fourth-order valence-electron chi connectivity index (χ4n) is 2.69. The van der Waals surface area contributed by atoms with Gasteiger partial charge in [-0.1, -0.05) is 26.2 Å². The highest BCUT2D eigenvalue weighted by molar-refractivity contribution is 5.79. The maximum Gasteiger partial charge on any atom is 0.227 e. The van der Waals surface area contributed by atoms with Crippen molar-refractivity contribution in [1.82, 2.24) is 4.90 Å². The molecule has 1 saturated carbocycles. The van der Waals surface area contributed by atoms with Crippen LogP contribution in [0.15, 0.2) is 0 Å². The SMILES string of the molecule is CCCC(CN)C(=O)N(C)C1CCCCC1O. The molecule has 4 heteroatoms. The molecule has 1 aliphatic carbocycles. The minimum atomic E-state index is -0.363. The van der Waals surface area contributed by atoms with Crippen LogP contribution < -0.4 is 5.73 Å². The first kappa shape index (κ1) is 14.5. The average Bonchev–Trinajstić information content (AvgIpc) is 2.35. The van der Waals surface area contributed by atoms with Crippen LogP contribution in [-0.4, -0.2) is 41.7 Å². The summed E-state index contributed by atoms with van der Waals surface area (Å²) < 4.78 is 0. The number of nitrogens with zero attached hydrogens (tertiary/aromatic N) is 1. The lowest BCUT2D eigenvalue weighted by molar-refractivity contribution is -0.139. The van der Waals surface area contributed by atoms with Gasteiger partial charge in [0.25, 0.3) is 0 Å². The number of aliphatic hydroxyl groups excluding tert-OH is 1. The lowest BCUT2D eigenvalue weighted by Crippen LogP contribution is -2.49. The number of likely N-dealkylation sites (N-methyl/N-ethyl adjacent to an activating group) is 1. The summed E-state index contributed by atoms with van der Waals surface area (Å²) in [5.74, 6) is 0.0134. The van der Waals surface area contributed by atoms with E-state index < -0.39 is 0 Å². The van der Waals surface area contributed by atoms with Gasteiger partial charge < -0.3 is 15.7 Å². The second-order valence-electron chi connectivity index (χ2n) is 5.09. The van der Waals surface area contributed by atoms with Gasteiger partial charge in [0.15, 0.2) is 0 Å². The predicted molar refractivity (Wildman–Crippen MR) is 68.5 cm³/mol. The van der Waals surface area contributed by atoms with Crippen LogP contribution in [0.5, 0.6) is 0 Å². The van der Waals surface area contributed by atoms with Crippen molar-refractivity contribution in [3.63, 3.8) is 0 Å². The van der Waals surface area contributed by atoms with Crippen molar-refractivity contribution in [3.8, 4) is 0 Å². The lowest BCUT2D eigenvalue weighted by Gasteiger charge is -2.36. The van der Waals surface area contributed by atoms with Crippen molar-refractivity contribution >= 4 is 5.91 Å². The average molecular weight is 242 g/mol. The van der Waals surface area contributed by atoms with Crippen molar-refractivity contribution in [2.24, 2.45) is 11.7 Å². The minimum Gasteiger partial charge on any atom is -0.391 e. The van der Waals surface area contributed by atoms with Gasteiger partial charge >= 0.3 is 0 Å². The van der Waals surface area contributed by atoms with Crippen molar-refractivity contribution in [2.45, 2.75) is 57.6 Å². The van der Waals surface area contributed by atoms with Gasteiger partial charge in [-0.15, -0.1) is 0 Å². The highest BCUT2D eigenvalue weighted by atomic mass is 16.3. The van der Waals surface area contributed by atoms with Crippen LogP contribution in [0.1, 0.15) is 45.4 Å². The van der Waals surface area contributed by atoms with E-state index in [1.807, 2.05) is 0 Å². The molecule has 100 valence electrons. The molecule has 1 aliphatic rings. The zero-order chi connectivity index (χ0) is 12.8. The largest absolute Gasteiger partial charge is 0.391 e. The van der Waals surface area contributed by atoms with E-state index in [1.54, 1.807) is 11.9 Å². The molecule has 3 N–H and O–H groups in total. The monoisotopic (exact) mass is 242 g/mol. The van der Waals surface area contributed by atoms with E-state index in [-0.39, 0.29) is 24.0 Å². The van der Waals surface area contributed by atoms with Gasteiger partial charge in [-0.05, 0) is 19.3 Å². The molecule has 4 nitrogen and oxygen atoms in total. The van der Waals surface area contributed by atoms with Gasteiger partial charge in [0.05, 0.1) is 18.1 Å². The van der Waals surface area contributed by atoms with Crippen LogP contribution in [-0.2, 0) is 4.79 Å². The summed E-state index contributed by atoms with van der Waals surface area (Å²) >= 11 is 0. The first-order valence-electron chi connectivity index (χ1n) is 6.76. The second kappa shape index (κ2) is 6.97. The molecule has 3 atom stereocenters. The Morgan fingerprint density at radius 2 is 2.12 bits per heavy atom. The van der Waals surface area contributed by atoms with Gasteiger partial charge in [0, 0.05) is 13.6 Å². The maximum atomic E-state index is 12.2. The normalized spacial score (nSPS) is 26.6. The summed E-state index contributed by atoms with van der Waals surface area (Å²) in [5.41, 5.74) is 5.65. The Kier molecular flexibility index (Phi) is 5.92. The molecule has 1 fully saturated rings.